The van der Waals surface area contributed by atoms with Gasteiger partial charge in [-0.2, -0.15) is 0 Å². The summed E-state index contributed by atoms with van der Waals surface area (Å²) in [6.07, 6.45) is 4.54. The van der Waals surface area contributed by atoms with Crippen LogP contribution in [0.1, 0.15) is 60.3 Å². The summed E-state index contributed by atoms with van der Waals surface area (Å²) in [6.45, 7) is 10.6. The van der Waals surface area contributed by atoms with Gasteiger partial charge in [0, 0.05) is 11.8 Å². The first-order chi connectivity index (χ1) is 6.49. The van der Waals surface area contributed by atoms with E-state index in [9.17, 15) is 4.79 Å². The molecule has 0 heterocycles. The minimum absolute atomic E-state index is 0.204. The topological polar surface area (TPSA) is 17.1 Å². The van der Waals surface area contributed by atoms with E-state index in [4.69, 9.17) is 0 Å². The quantitative estimate of drug-likeness (QED) is 0.603. The highest BCUT2D eigenvalue weighted by Gasteiger charge is 2.21. The first kappa shape index (κ1) is 13.7. The molecule has 0 amide bonds. The number of carbonyl (C=O) groups excluding carboxylic acids is 1. The van der Waals surface area contributed by atoms with Crippen LogP contribution in [-0.2, 0) is 4.79 Å². The van der Waals surface area contributed by atoms with Crippen LogP contribution in [0.3, 0.4) is 0 Å². The van der Waals surface area contributed by atoms with Gasteiger partial charge in [-0.05, 0) is 18.8 Å². The summed E-state index contributed by atoms with van der Waals surface area (Å²) in [5.41, 5.74) is 0. The van der Waals surface area contributed by atoms with E-state index < -0.39 is 0 Å². The predicted molar refractivity (Wildman–Crippen MR) is 62.3 cm³/mol. The fourth-order valence-electron chi connectivity index (χ4n) is 1.87. The lowest BCUT2D eigenvalue weighted by Gasteiger charge is -2.19. The SMILES string of the molecule is CCCCC(CC(C)C)C(=O)C(C)C. The summed E-state index contributed by atoms with van der Waals surface area (Å²) in [6, 6.07) is 0. The third kappa shape index (κ3) is 5.41. The minimum Gasteiger partial charge on any atom is -0.299 e. The van der Waals surface area contributed by atoms with Gasteiger partial charge in [0.05, 0.1) is 0 Å². The zero-order valence-electron chi connectivity index (χ0n) is 10.5. The Morgan fingerprint density at radius 3 is 2.07 bits per heavy atom. The molecule has 0 aliphatic heterocycles. The molecule has 1 unspecified atom stereocenters. The molecule has 1 atom stereocenters. The van der Waals surface area contributed by atoms with Gasteiger partial charge in [-0.1, -0.05) is 47.5 Å². The van der Waals surface area contributed by atoms with Crippen molar-refractivity contribution < 1.29 is 4.79 Å². The third-order valence-corrected chi connectivity index (χ3v) is 2.63. The van der Waals surface area contributed by atoms with Gasteiger partial charge in [-0.15, -0.1) is 0 Å². The second kappa shape index (κ2) is 7.03. The fourth-order valence-corrected chi connectivity index (χ4v) is 1.87. The van der Waals surface area contributed by atoms with Crippen molar-refractivity contribution in [3.8, 4) is 0 Å². The summed E-state index contributed by atoms with van der Waals surface area (Å²) in [7, 11) is 0. The largest absolute Gasteiger partial charge is 0.299 e. The standard InChI is InChI=1S/C13H26O/c1-6-7-8-12(9-10(2)3)13(14)11(4)5/h10-12H,6-9H2,1-5H3. The zero-order chi connectivity index (χ0) is 11.1. The van der Waals surface area contributed by atoms with Gasteiger partial charge in [0.2, 0.25) is 0 Å². The van der Waals surface area contributed by atoms with Crippen molar-refractivity contribution >= 4 is 5.78 Å². The molecule has 0 N–H and O–H groups in total. The Hall–Kier alpha value is -0.330. The molecule has 0 saturated heterocycles. The van der Waals surface area contributed by atoms with Crippen LogP contribution in [-0.4, -0.2) is 5.78 Å². The molecule has 0 radical (unpaired) electrons. The van der Waals surface area contributed by atoms with Crippen LogP contribution < -0.4 is 0 Å². The number of rotatable bonds is 7. The Kier molecular flexibility index (Phi) is 6.86. The maximum Gasteiger partial charge on any atom is 0.138 e. The number of Topliss-reactive ketones (excluding diaryl/α,β-unsaturated/α-hetero) is 1. The van der Waals surface area contributed by atoms with Crippen LogP contribution in [0.5, 0.6) is 0 Å². The number of unbranched alkanes of at least 4 members (excludes halogenated alkanes) is 1. The van der Waals surface area contributed by atoms with Crippen molar-refractivity contribution in [3.05, 3.63) is 0 Å². The van der Waals surface area contributed by atoms with E-state index in [-0.39, 0.29) is 5.92 Å². The second-order valence-corrected chi connectivity index (χ2v) is 5.03. The molecule has 0 saturated carbocycles. The molecule has 0 rings (SSSR count). The fraction of sp³-hybridized carbons (Fsp3) is 0.923. The van der Waals surface area contributed by atoms with Gasteiger partial charge in [0.15, 0.2) is 0 Å². The Bertz CT molecular complexity index is 159. The van der Waals surface area contributed by atoms with Crippen molar-refractivity contribution in [2.75, 3.05) is 0 Å². The van der Waals surface area contributed by atoms with Crippen molar-refractivity contribution in [3.63, 3.8) is 0 Å². The molecule has 0 aromatic heterocycles. The van der Waals surface area contributed by atoms with Gasteiger partial charge in [-0.25, -0.2) is 0 Å². The lowest BCUT2D eigenvalue weighted by atomic mass is 9.85. The highest BCUT2D eigenvalue weighted by molar-refractivity contribution is 5.82. The molecule has 0 aliphatic carbocycles. The molecule has 0 bridgehead atoms. The number of ketones is 1. The van der Waals surface area contributed by atoms with Crippen molar-refractivity contribution in [2.45, 2.75) is 60.3 Å². The molecule has 1 heteroatoms. The number of hydrogen-bond donors (Lipinski definition) is 0. The number of carbonyl (C=O) groups is 1. The molecule has 1 nitrogen and oxygen atoms in total. The van der Waals surface area contributed by atoms with Crippen LogP contribution in [0.4, 0.5) is 0 Å². The van der Waals surface area contributed by atoms with Crippen LogP contribution >= 0.6 is 0 Å². The second-order valence-electron chi connectivity index (χ2n) is 5.03. The van der Waals surface area contributed by atoms with Gasteiger partial charge in [0.1, 0.15) is 5.78 Å². The molecule has 0 spiro atoms. The van der Waals surface area contributed by atoms with E-state index in [0.29, 0.717) is 17.6 Å². The van der Waals surface area contributed by atoms with Crippen molar-refractivity contribution in [2.24, 2.45) is 17.8 Å². The smallest absolute Gasteiger partial charge is 0.138 e. The molecule has 0 aliphatic rings. The molecule has 14 heavy (non-hydrogen) atoms. The highest BCUT2D eigenvalue weighted by Crippen LogP contribution is 2.22. The first-order valence-corrected chi connectivity index (χ1v) is 6.02. The van der Waals surface area contributed by atoms with Gasteiger partial charge < -0.3 is 0 Å². The number of hydrogen-bond acceptors (Lipinski definition) is 1. The molecular formula is C13H26O. The normalized spacial score (nSPS) is 13.6. The Labute approximate surface area is 89.3 Å². The average Bonchev–Trinajstić information content (AvgIpc) is 2.10. The molecule has 0 aromatic carbocycles. The summed E-state index contributed by atoms with van der Waals surface area (Å²) in [5, 5.41) is 0. The maximum atomic E-state index is 11.9. The lowest BCUT2D eigenvalue weighted by molar-refractivity contribution is -0.126. The molecule has 0 aromatic rings. The van der Waals surface area contributed by atoms with E-state index in [1.807, 2.05) is 13.8 Å². The van der Waals surface area contributed by atoms with Gasteiger partial charge >= 0.3 is 0 Å². The molecule has 0 fully saturated rings. The molecular weight excluding hydrogens is 172 g/mol. The van der Waals surface area contributed by atoms with E-state index in [1.54, 1.807) is 0 Å². The first-order valence-electron chi connectivity index (χ1n) is 6.02. The monoisotopic (exact) mass is 198 g/mol. The maximum absolute atomic E-state index is 11.9. The molecule has 84 valence electrons. The third-order valence-electron chi connectivity index (χ3n) is 2.63. The van der Waals surface area contributed by atoms with Crippen molar-refractivity contribution in [1.29, 1.82) is 0 Å². The van der Waals surface area contributed by atoms with Crippen molar-refractivity contribution in [1.82, 2.24) is 0 Å². The van der Waals surface area contributed by atoms with E-state index in [2.05, 4.69) is 20.8 Å². The summed E-state index contributed by atoms with van der Waals surface area (Å²) in [4.78, 5) is 11.9. The Morgan fingerprint density at radius 1 is 1.14 bits per heavy atom. The van der Waals surface area contributed by atoms with Gasteiger partial charge in [-0.3, -0.25) is 4.79 Å². The van der Waals surface area contributed by atoms with E-state index >= 15 is 0 Å². The summed E-state index contributed by atoms with van der Waals surface area (Å²) >= 11 is 0. The van der Waals surface area contributed by atoms with Crippen LogP contribution in [0, 0.1) is 17.8 Å². The van der Waals surface area contributed by atoms with E-state index in [1.165, 1.54) is 12.8 Å². The van der Waals surface area contributed by atoms with Crippen LogP contribution in [0.25, 0.3) is 0 Å². The zero-order valence-corrected chi connectivity index (χ0v) is 10.5. The van der Waals surface area contributed by atoms with Gasteiger partial charge in [0.25, 0.3) is 0 Å². The lowest BCUT2D eigenvalue weighted by Crippen LogP contribution is -2.21. The van der Waals surface area contributed by atoms with Crippen LogP contribution in [0.2, 0.25) is 0 Å². The Morgan fingerprint density at radius 2 is 1.71 bits per heavy atom. The predicted octanol–water partition coefficient (Wildman–Crippen LogP) is 4.06. The summed E-state index contributed by atoms with van der Waals surface area (Å²) in [5.74, 6) is 1.62. The highest BCUT2D eigenvalue weighted by atomic mass is 16.1. The minimum atomic E-state index is 0.204. The Balaban J connectivity index is 4.15. The summed E-state index contributed by atoms with van der Waals surface area (Å²) < 4.78 is 0. The van der Waals surface area contributed by atoms with Crippen LogP contribution in [0.15, 0.2) is 0 Å². The van der Waals surface area contributed by atoms with E-state index in [0.717, 1.165) is 12.8 Å². The average molecular weight is 198 g/mol.